The van der Waals surface area contributed by atoms with E-state index in [0.29, 0.717) is 17.3 Å². The molecule has 0 atom stereocenters. The maximum atomic E-state index is 13.2. The fourth-order valence-electron chi connectivity index (χ4n) is 2.34. The van der Waals surface area contributed by atoms with E-state index in [1.54, 1.807) is 0 Å². The molecule has 1 amide bonds. The number of anilines is 3. The number of hydrogen-bond donors (Lipinski definition) is 2. The molecule has 3 aromatic rings. The van der Waals surface area contributed by atoms with Crippen molar-refractivity contribution in [1.82, 2.24) is 9.97 Å². The van der Waals surface area contributed by atoms with Crippen LogP contribution in [0.2, 0.25) is 0 Å². The number of hydrogen-bond acceptors (Lipinski definition) is 5. The summed E-state index contributed by atoms with van der Waals surface area (Å²) in [6.45, 7) is 3.86. The van der Waals surface area contributed by atoms with Gasteiger partial charge in [-0.3, -0.25) is 4.79 Å². The number of carbonyl (C=O) groups excluding carboxylic acids is 1. The van der Waals surface area contributed by atoms with Gasteiger partial charge in [0.25, 0.3) is 5.91 Å². The van der Waals surface area contributed by atoms with E-state index in [2.05, 4.69) is 20.6 Å². The summed E-state index contributed by atoms with van der Waals surface area (Å²) in [5, 5.41) is 5.52. The number of nitrogens with zero attached hydrogens (tertiary/aromatic N) is 2. The third kappa shape index (κ3) is 4.79. The number of carbonyl (C=O) groups is 1. The first kappa shape index (κ1) is 19.2. The summed E-state index contributed by atoms with van der Waals surface area (Å²) in [5.74, 6) is -1.54. The van der Waals surface area contributed by atoms with Gasteiger partial charge in [-0.2, -0.15) is 0 Å². The zero-order valence-electron chi connectivity index (χ0n) is 15.2. The molecule has 0 radical (unpaired) electrons. The van der Waals surface area contributed by atoms with Gasteiger partial charge in [-0.1, -0.05) is 12.1 Å². The summed E-state index contributed by atoms with van der Waals surface area (Å²) in [6.07, 6.45) is 2.69. The van der Waals surface area contributed by atoms with Crippen molar-refractivity contribution in [2.45, 2.75) is 20.0 Å². The van der Waals surface area contributed by atoms with Crippen LogP contribution < -0.4 is 15.4 Å². The predicted molar refractivity (Wildman–Crippen MR) is 102 cm³/mol. The van der Waals surface area contributed by atoms with Crippen molar-refractivity contribution in [3.63, 3.8) is 0 Å². The summed E-state index contributed by atoms with van der Waals surface area (Å²) in [7, 11) is 0. The molecule has 144 valence electrons. The van der Waals surface area contributed by atoms with Crippen LogP contribution in [0.4, 0.5) is 26.0 Å². The highest BCUT2D eigenvalue weighted by Gasteiger charge is 2.11. The van der Waals surface area contributed by atoms with Crippen molar-refractivity contribution in [2.75, 3.05) is 10.6 Å². The van der Waals surface area contributed by atoms with Gasteiger partial charge in [-0.05, 0) is 38.1 Å². The molecule has 2 N–H and O–H groups in total. The largest absolute Gasteiger partial charge is 0.489 e. The van der Waals surface area contributed by atoms with Crippen molar-refractivity contribution >= 4 is 23.1 Å². The average molecular weight is 384 g/mol. The minimum absolute atomic E-state index is 0.0106. The molecular formula is C20H18F2N4O2. The Labute approximate surface area is 160 Å². The Bertz CT molecular complexity index is 978. The number of ether oxygens (including phenoxy) is 1. The molecule has 2 aromatic carbocycles. The third-order valence-electron chi connectivity index (χ3n) is 3.57. The highest BCUT2D eigenvalue weighted by Crippen LogP contribution is 2.27. The van der Waals surface area contributed by atoms with Gasteiger partial charge in [0.2, 0.25) is 0 Å². The van der Waals surface area contributed by atoms with E-state index in [0.717, 1.165) is 12.1 Å². The third-order valence-corrected chi connectivity index (χ3v) is 3.57. The normalized spacial score (nSPS) is 10.6. The maximum absolute atomic E-state index is 13.2. The van der Waals surface area contributed by atoms with E-state index in [1.165, 1.54) is 18.5 Å². The number of halogens is 2. The average Bonchev–Trinajstić information content (AvgIpc) is 2.66. The van der Waals surface area contributed by atoms with Crippen molar-refractivity contribution in [1.29, 1.82) is 0 Å². The molecule has 0 aliphatic carbocycles. The molecule has 0 spiro atoms. The van der Waals surface area contributed by atoms with Crippen molar-refractivity contribution < 1.29 is 18.3 Å². The van der Waals surface area contributed by atoms with Crippen LogP contribution in [0, 0.1) is 11.6 Å². The Kier molecular flexibility index (Phi) is 5.78. The number of para-hydroxylation sites is 2. The number of rotatable bonds is 6. The van der Waals surface area contributed by atoms with Gasteiger partial charge in [-0.25, -0.2) is 18.7 Å². The van der Waals surface area contributed by atoms with Crippen LogP contribution in [0.3, 0.4) is 0 Å². The standard InChI is InChI=1S/C20H18F2N4O2/c1-12(2)28-18-6-4-3-5-16(18)26-19-11-23-17(10-24-19)20(27)25-13-7-8-14(21)15(22)9-13/h3-12H,1-2H3,(H,24,26)(H,25,27). The zero-order valence-corrected chi connectivity index (χ0v) is 15.2. The molecule has 1 aromatic heterocycles. The summed E-state index contributed by atoms with van der Waals surface area (Å²) < 4.78 is 31.9. The second kappa shape index (κ2) is 8.43. The first-order valence-corrected chi connectivity index (χ1v) is 8.53. The number of benzene rings is 2. The predicted octanol–water partition coefficient (Wildman–Crippen LogP) is 4.54. The van der Waals surface area contributed by atoms with E-state index in [4.69, 9.17) is 4.74 Å². The van der Waals surface area contributed by atoms with Crippen LogP contribution in [-0.2, 0) is 0 Å². The van der Waals surface area contributed by atoms with E-state index in [9.17, 15) is 13.6 Å². The summed E-state index contributed by atoms with van der Waals surface area (Å²) >= 11 is 0. The monoisotopic (exact) mass is 384 g/mol. The highest BCUT2D eigenvalue weighted by atomic mass is 19.2. The second-order valence-electron chi connectivity index (χ2n) is 6.16. The topological polar surface area (TPSA) is 76.1 Å². The Hall–Kier alpha value is -3.55. The molecule has 3 rings (SSSR count). The summed E-state index contributed by atoms with van der Waals surface area (Å²) in [4.78, 5) is 20.4. The van der Waals surface area contributed by atoms with Crippen molar-refractivity contribution in [2.24, 2.45) is 0 Å². The maximum Gasteiger partial charge on any atom is 0.275 e. The van der Waals surface area contributed by atoms with E-state index in [-0.39, 0.29) is 17.5 Å². The van der Waals surface area contributed by atoms with Gasteiger partial charge in [0, 0.05) is 11.8 Å². The molecule has 1 heterocycles. The fourth-order valence-corrected chi connectivity index (χ4v) is 2.34. The molecular weight excluding hydrogens is 366 g/mol. The van der Waals surface area contributed by atoms with Crippen LogP contribution in [0.15, 0.2) is 54.9 Å². The molecule has 6 nitrogen and oxygen atoms in total. The zero-order chi connectivity index (χ0) is 20.1. The molecule has 0 fully saturated rings. The SMILES string of the molecule is CC(C)Oc1ccccc1Nc1cnc(C(=O)Nc2ccc(F)c(F)c2)cn1. The lowest BCUT2D eigenvalue weighted by Gasteiger charge is -2.15. The molecule has 0 aliphatic heterocycles. The lowest BCUT2D eigenvalue weighted by atomic mass is 10.3. The van der Waals surface area contributed by atoms with Gasteiger partial charge in [0.1, 0.15) is 17.3 Å². The van der Waals surface area contributed by atoms with Crippen molar-refractivity contribution in [3.8, 4) is 5.75 Å². The van der Waals surface area contributed by atoms with Gasteiger partial charge in [0.05, 0.1) is 24.2 Å². The van der Waals surface area contributed by atoms with Crippen LogP contribution in [0.1, 0.15) is 24.3 Å². The number of nitrogens with one attached hydrogen (secondary N) is 2. The minimum atomic E-state index is -1.05. The van der Waals surface area contributed by atoms with Gasteiger partial charge < -0.3 is 15.4 Å². The number of aromatic nitrogens is 2. The Morgan fingerprint density at radius 3 is 2.50 bits per heavy atom. The molecule has 0 saturated heterocycles. The fraction of sp³-hybridized carbons (Fsp3) is 0.150. The molecule has 28 heavy (non-hydrogen) atoms. The Balaban J connectivity index is 1.70. The summed E-state index contributed by atoms with van der Waals surface area (Å²) in [6, 6.07) is 10.5. The molecule has 0 saturated carbocycles. The summed E-state index contributed by atoms with van der Waals surface area (Å²) in [5.41, 5.74) is 0.860. The minimum Gasteiger partial charge on any atom is -0.489 e. The molecule has 0 unspecified atom stereocenters. The van der Waals surface area contributed by atoms with Crippen molar-refractivity contribution in [3.05, 3.63) is 72.2 Å². The van der Waals surface area contributed by atoms with Crippen LogP contribution in [0.25, 0.3) is 0 Å². The molecule has 0 aliphatic rings. The lowest BCUT2D eigenvalue weighted by Crippen LogP contribution is -2.14. The van der Waals surface area contributed by atoms with Crippen LogP contribution in [0.5, 0.6) is 5.75 Å². The Morgan fingerprint density at radius 1 is 1.04 bits per heavy atom. The quantitative estimate of drug-likeness (QED) is 0.653. The van der Waals surface area contributed by atoms with Gasteiger partial charge in [-0.15, -0.1) is 0 Å². The first-order valence-electron chi connectivity index (χ1n) is 8.53. The highest BCUT2D eigenvalue weighted by molar-refractivity contribution is 6.02. The van der Waals surface area contributed by atoms with Gasteiger partial charge in [0.15, 0.2) is 11.6 Å². The van der Waals surface area contributed by atoms with E-state index in [1.807, 2.05) is 38.1 Å². The second-order valence-corrected chi connectivity index (χ2v) is 6.16. The van der Waals surface area contributed by atoms with Crippen LogP contribution >= 0.6 is 0 Å². The Morgan fingerprint density at radius 2 is 1.82 bits per heavy atom. The van der Waals surface area contributed by atoms with E-state index >= 15 is 0 Å². The number of amides is 1. The van der Waals surface area contributed by atoms with Gasteiger partial charge >= 0.3 is 0 Å². The molecule has 0 bridgehead atoms. The molecule has 8 heteroatoms. The smallest absolute Gasteiger partial charge is 0.275 e. The lowest BCUT2D eigenvalue weighted by molar-refractivity contribution is 0.102. The van der Waals surface area contributed by atoms with E-state index < -0.39 is 17.5 Å². The van der Waals surface area contributed by atoms with Crippen LogP contribution in [-0.4, -0.2) is 22.0 Å². The first-order chi connectivity index (χ1) is 13.4.